The maximum absolute atomic E-state index is 4.66. The first-order chi connectivity index (χ1) is 8.67. The lowest BCUT2D eigenvalue weighted by molar-refractivity contribution is 0.552. The maximum atomic E-state index is 4.66. The van der Waals surface area contributed by atoms with E-state index in [2.05, 4.69) is 33.7 Å². The van der Waals surface area contributed by atoms with E-state index >= 15 is 0 Å². The number of imidazole rings is 1. The molecule has 2 aromatic heterocycles. The minimum atomic E-state index is -0.0928. The predicted molar refractivity (Wildman–Crippen MR) is 70.0 cm³/mol. The Labute approximate surface area is 106 Å². The summed E-state index contributed by atoms with van der Waals surface area (Å²) in [5, 5.41) is 3.58. The molecule has 1 N–H and O–H groups in total. The number of nitrogens with zero attached hydrogens (tertiary/aromatic N) is 3. The van der Waals surface area contributed by atoms with Crippen LogP contribution >= 0.6 is 0 Å². The van der Waals surface area contributed by atoms with E-state index in [-0.39, 0.29) is 5.54 Å². The smallest absolute Gasteiger partial charge is 0.0999 e. The molecule has 18 heavy (non-hydrogen) atoms. The summed E-state index contributed by atoms with van der Waals surface area (Å²) in [6.45, 7) is 4.42. The second kappa shape index (κ2) is 3.13. The van der Waals surface area contributed by atoms with Crippen LogP contribution in [0.15, 0.2) is 24.8 Å². The summed E-state index contributed by atoms with van der Waals surface area (Å²) >= 11 is 0. The fraction of sp³-hybridized carbons (Fsp3) is 0.429. The number of pyridine rings is 1. The van der Waals surface area contributed by atoms with Crippen molar-refractivity contribution in [2.24, 2.45) is 0 Å². The predicted octanol–water partition coefficient (Wildman–Crippen LogP) is 2.81. The molecule has 0 spiro atoms. The Balaban J connectivity index is 1.99. The largest absolute Gasteiger partial charge is 0.372 e. The van der Waals surface area contributed by atoms with Gasteiger partial charge in [-0.3, -0.25) is 9.55 Å². The minimum Gasteiger partial charge on any atom is -0.372 e. The number of rotatable bonds is 1. The molecule has 0 atom stereocenters. The van der Waals surface area contributed by atoms with E-state index in [1.807, 2.05) is 24.8 Å². The molecule has 1 saturated carbocycles. The number of anilines is 1. The Morgan fingerprint density at radius 3 is 3.00 bits per heavy atom. The topological polar surface area (TPSA) is 42.7 Å². The monoisotopic (exact) mass is 240 g/mol. The zero-order valence-corrected chi connectivity index (χ0v) is 10.6. The van der Waals surface area contributed by atoms with E-state index in [9.17, 15) is 0 Å². The normalized spacial score (nSPS) is 19.9. The lowest BCUT2D eigenvalue weighted by atomic mass is 9.94. The van der Waals surface area contributed by atoms with Gasteiger partial charge in [0.1, 0.15) is 0 Å². The first-order valence-electron chi connectivity index (χ1n) is 6.47. The average molecular weight is 240 g/mol. The van der Waals surface area contributed by atoms with Crippen LogP contribution in [0.5, 0.6) is 0 Å². The second-order valence-electron chi connectivity index (χ2n) is 5.77. The van der Waals surface area contributed by atoms with Gasteiger partial charge in [0.05, 0.1) is 40.8 Å². The van der Waals surface area contributed by atoms with Gasteiger partial charge in [0.15, 0.2) is 0 Å². The van der Waals surface area contributed by atoms with Gasteiger partial charge in [-0.2, -0.15) is 0 Å². The molecule has 2 aromatic rings. The molecule has 0 amide bonds. The fourth-order valence-electron chi connectivity index (χ4n) is 2.91. The molecule has 4 heteroatoms. The highest BCUT2D eigenvalue weighted by atomic mass is 15.2. The summed E-state index contributed by atoms with van der Waals surface area (Å²) in [6.07, 6.45) is 8.24. The van der Waals surface area contributed by atoms with Crippen LogP contribution in [0.1, 0.15) is 44.0 Å². The molecular formula is C14H16N4. The molecule has 0 bridgehead atoms. The lowest BCUT2D eigenvalue weighted by Crippen LogP contribution is -2.35. The first-order valence-corrected chi connectivity index (χ1v) is 6.47. The van der Waals surface area contributed by atoms with Crippen LogP contribution < -0.4 is 5.32 Å². The standard InChI is InChI=1S/C14H16N4/c1-14(2)13-12(9-3-4-9)16-8-18(13)11-5-6-15-7-10(11)17-14/h5-9,17H,3-4H2,1-2H3. The first kappa shape index (κ1) is 10.1. The summed E-state index contributed by atoms with van der Waals surface area (Å²) in [5.41, 5.74) is 4.72. The number of hydrogen-bond donors (Lipinski definition) is 1. The van der Waals surface area contributed by atoms with Crippen molar-refractivity contribution in [3.8, 4) is 5.69 Å². The quantitative estimate of drug-likeness (QED) is 0.833. The third-order valence-electron chi connectivity index (χ3n) is 3.86. The van der Waals surface area contributed by atoms with E-state index in [0.29, 0.717) is 5.92 Å². The van der Waals surface area contributed by atoms with E-state index in [1.54, 1.807) is 0 Å². The van der Waals surface area contributed by atoms with Crippen molar-refractivity contribution in [2.45, 2.75) is 38.1 Å². The highest BCUT2D eigenvalue weighted by Crippen LogP contribution is 2.46. The van der Waals surface area contributed by atoms with Crippen molar-refractivity contribution in [3.63, 3.8) is 0 Å². The molecule has 92 valence electrons. The van der Waals surface area contributed by atoms with Crippen molar-refractivity contribution in [3.05, 3.63) is 36.2 Å². The molecular weight excluding hydrogens is 224 g/mol. The van der Waals surface area contributed by atoms with Crippen LogP contribution in [0.3, 0.4) is 0 Å². The highest BCUT2D eigenvalue weighted by molar-refractivity contribution is 5.65. The van der Waals surface area contributed by atoms with Crippen LogP contribution in [0.4, 0.5) is 5.69 Å². The number of hydrogen-bond acceptors (Lipinski definition) is 3. The van der Waals surface area contributed by atoms with Gasteiger partial charge in [-0.25, -0.2) is 4.98 Å². The van der Waals surface area contributed by atoms with E-state index in [1.165, 1.54) is 24.2 Å². The summed E-state index contributed by atoms with van der Waals surface area (Å²) in [4.78, 5) is 8.85. The summed E-state index contributed by atoms with van der Waals surface area (Å²) < 4.78 is 2.22. The average Bonchev–Trinajstić information content (AvgIpc) is 3.07. The zero-order chi connectivity index (χ0) is 12.3. The molecule has 3 heterocycles. The summed E-state index contributed by atoms with van der Waals surface area (Å²) in [7, 11) is 0. The molecule has 1 aliphatic heterocycles. The van der Waals surface area contributed by atoms with Crippen molar-refractivity contribution < 1.29 is 0 Å². The van der Waals surface area contributed by atoms with Gasteiger partial charge in [0.25, 0.3) is 0 Å². The SMILES string of the molecule is CC1(C)Nc2cnccc2-n2cnc(C3CC3)c21. The molecule has 4 rings (SSSR count). The lowest BCUT2D eigenvalue weighted by Gasteiger charge is -2.35. The van der Waals surface area contributed by atoms with Crippen LogP contribution in [0.2, 0.25) is 0 Å². The van der Waals surface area contributed by atoms with Crippen molar-refractivity contribution in [2.75, 3.05) is 5.32 Å². The minimum absolute atomic E-state index is 0.0928. The molecule has 0 saturated heterocycles. The second-order valence-corrected chi connectivity index (χ2v) is 5.77. The van der Waals surface area contributed by atoms with Crippen LogP contribution in [-0.4, -0.2) is 14.5 Å². The van der Waals surface area contributed by atoms with Crippen LogP contribution in [0, 0.1) is 0 Å². The van der Waals surface area contributed by atoms with Gasteiger partial charge in [0, 0.05) is 12.1 Å². The Morgan fingerprint density at radius 1 is 1.39 bits per heavy atom. The third-order valence-corrected chi connectivity index (χ3v) is 3.86. The Hall–Kier alpha value is -1.84. The Morgan fingerprint density at radius 2 is 2.22 bits per heavy atom. The molecule has 4 nitrogen and oxygen atoms in total. The van der Waals surface area contributed by atoms with Crippen LogP contribution in [-0.2, 0) is 5.54 Å². The molecule has 1 fully saturated rings. The van der Waals surface area contributed by atoms with E-state index < -0.39 is 0 Å². The Bertz CT molecular complexity index is 622. The molecule has 0 unspecified atom stereocenters. The van der Waals surface area contributed by atoms with Crippen molar-refractivity contribution in [1.29, 1.82) is 0 Å². The van der Waals surface area contributed by atoms with Gasteiger partial charge in [-0.05, 0) is 32.8 Å². The van der Waals surface area contributed by atoms with E-state index in [0.717, 1.165) is 11.4 Å². The van der Waals surface area contributed by atoms with Gasteiger partial charge in [-0.15, -0.1) is 0 Å². The number of fused-ring (bicyclic) bond motifs is 3. The third kappa shape index (κ3) is 1.26. The van der Waals surface area contributed by atoms with Gasteiger partial charge in [0.2, 0.25) is 0 Å². The fourth-order valence-corrected chi connectivity index (χ4v) is 2.91. The zero-order valence-electron chi connectivity index (χ0n) is 10.6. The maximum Gasteiger partial charge on any atom is 0.0999 e. The number of aromatic nitrogens is 3. The number of nitrogens with one attached hydrogen (secondary N) is 1. The molecule has 1 aliphatic carbocycles. The van der Waals surface area contributed by atoms with Crippen LogP contribution in [0.25, 0.3) is 5.69 Å². The van der Waals surface area contributed by atoms with Crippen molar-refractivity contribution >= 4 is 5.69 Å². The van der Waals surface area contributed by atoms with Crippen molar-refractivity contribution in [1.82, 2.24) is 14.5 Å². The summed E-state index contributed by atoms with van der Waals surface area (Å²) in [6, 6.07) is 2.04. The molecule has 0 radical (unpaired) electrons. The summed E-state index contributed by atoms with van der Waals surface area (Å²) in [5.74, 6) is 0.672. The highest BCUT2D eigenvalue weighted by Gasteiger charge is 2.39. The Kier molecular flexibility index (Phi) is 1.76. The van der Waals surface area contributed by atoms with Gasteiger partial charge in [-0.1, -0.05) is 0 Å². The van der Waals surface area contributed by atoms with Gasteiger partial charge >= 0.3 is 0 Å². The van der Waals surface area contributed by atoms with E-state index in [4.69, 9.17) is 0 Å². The molecule has 2 aliphatic rings. The van der Waals surface area contributed by atoms with Gasteiger partial charge < -0.3 is 5.32 Å². The molecule has 0 aromatic carbocycles.